The Morgan fingerprint density at radius 2 is 1.96 bits per heavy atom. The predicted octanol–water partition coefficient (Wildman–Crippen LogP) is 4.17. The molecule has 1 aliphatic rings. The summed E-state index contributed by atoms with van der Waals surface area (Å²) in [6.07, 6.45) is 5.95. The molecule has 0 saturated carbocycles. The van der Waals surface area contributed by atoms with Crippen LogP contribution in [0.4, 0.5) is 0 Å². The molecule has 1 amide bonds. The molecule has 0 atom stereocenters. The Morgan fingerprint density at radius 3 is 2.69 bits per heavy atom. The van der Waals surface area contributed by atoms with Crippen LogP contribution in [0.5, 0.6) is 0 Å². The minimum atomic E-state index is 0.0556. The fourth-order valence-electron chi connectivity index (χ4n) is 3.20. The van der Waals surface area contributed by atoms with Gasteiger partial charge in [-0.25, -0.2) is 0 Å². The van der Waals surface area contributed by atoms with Gasteiger partial charge in [-0.15, -0.1) is 11.6 Å². The maximum absolute atomic E-state index is 13.0. The van der Waals surface area contributed by atoms with Gasteiger partial charge in [-0.05, 0) is 43.5 Å². The molecule has 2 aromatic rings. The van der Waals surface area contributed by atoms with Gasteiger partial charge in [-0.1, -0.05) is 24.3 Å². The summed E-state index contributed by atoms with van der Waals surface area (Å²) in [5, 5.41) is 0. The number of aryl methyl sites for hydroxylation is 1. The molecule has 136 valence electrons. The van der Waals surface area contributed by atoms with Crippen LogP contribution in [-0.4, -0.2) is 46.3 Å². The lowest BCUT2D eigenvalue weighted by atomic mass is 10.0. The summed E-state index contributed by atoms with van der Waals surface area (Å²) < 4.78 is 0. The highest BCUT2D eigenvalue weighted by Gasteiger charge is 2.24. The number of alkyl halides is 1. The molecule has 1 aromatic carbocycles. The second-order valence-corrected chi connectivity index (χ2v) is 6.89. The van der Waals surface area contributed by atoms with Crippen molar-refractivity contribution in [3.8, 4) is 0 Å². The van der Waals surface area contributed by atoms with Gasteiger partial charge in [0.2, 0.25) is 0 Å². The summed E-state index contributed by atoms with van der Waals surface area (Å²) in [5.41, 5.74) is 3.92. The number of pyridine rings is 1. The van der Waals surface area contributed by atoms with Crippen molar-refractivity contribution in [2.75, 3.05) is 25.6 Å². The highest BCUT2D eigenvalue weighted by molar-refractivity contribution is 6.17. The lowest BCUT2D eigenvalue weighted by Crippen LogP contribution is -2.44. The van der Waals surface area contributed by atoms with Crippen molar-refractivity contribution < 1.29 is 4.79 Å². The van der Waals surface area contributed by atoms with Gasteiger partial charge in [0.05, 0.1) is 6.67 Å². The molecule has 1 aromatic heterocycles. The first-order valence-electron chi connectivity index (χ1n) is 8.96. The number of amides is 1. The third-order valence-electron chi connectivity index (χ3n) is 4.54. The number of hydrogen-bond donors (Lipinski definition) is 0. The van der Waals surface area contributed by atoms with E-state index >= 15 is 0 Å². The second kappa shape index (κ2) is 8.86. The zero-order valence-electron chi connectivity index (χ0n) is 15.1. The van der Waals surface area contributed by atoms with E-state index in [1.165, 1.54) is 0 Å². The van der Waals surface area contributed by atoms with Gasteiger partial charge in [0, 0.05) is 48.2 Å². The maximum atomic E-state index is 13.0. The first-order valence-corrected chi connectivity index (χ1v) is 9.49. The molecule has 5 heteroatoms. The second-order valence-electron chi connectivity index (χ2n) is 6.51. The average Bonchev–Trinajstić information content (AvgIpc) is 2.68. The summed E-state index contributed by atoms with van der Waals surface area (Å²) in [4.78, 5) is 21.5. The summed E-state index contributed by atoms with van der Waals surface area (Å²) in [7, 11) is 0. The van der Waals surface area contributed by atoms with Gasteiger partial charge in [0.1, 0.15) is 0 Å². The minimum absolute atomic E-state index is 0.0556. The Bertz CT molecular complexity index is 776. The molecular weight excluding hydrogens is 346 g/mol. The third-order valence-corrected chi connectivity index (χ3v) is 4.81. The van der Waals surface area contributed by atoms with Crippen molar-refractivity contribution in [2.24, 2.45) is 0 Å². The number of hydrogen-bond acceptors (Lipinski definition) is 3. The monoisotopic (exact) mass is 369 g/mol. The molecule has 0 saturated heterocycles. The van der Waals surface area contributed by atoms with Crippen LogP contribution >= 0.6 is 11.6 Å². The molecule has 26 heavy (non-hydrogen) atoms. The zero-order valence-corrected chi connectivity index (χ0v) is 15.8. The summed E-state index contributed by atoms with van der Waals surface area (Å²) >= 11 is 5.82. The Hall–Kier alpha value is -2.33. The van der Waals surface area contributed by atoms with E-state index in [1.807, 2.05) is 48.2 Å². The average molecular weight is 370 g/mol. The maximum Gasteiger partial charge on any atom is 0.255 e. The van der Waals surface area contributed by atoms with E-state index in [-0.39, 0.29) is 5.91 Å². The number of carbonyl (C=O) groups is 1. The van der Waals surface area contributed by atoms with Crippen molar-refractivity contribution in [1.82, 2.24) is 14.8 Å². The van der Waals surface area contributed by atoms with Crippen molar-refractivity contribution in [3.63, 3.8) is 0 Å². The van der Waals surface area contributed by atoms with Gasteiger partial charge in [0.15, 0.2) is 0 Å². The number of rotatable bonds is 6. The Labute approximate surface area is 160 Å². The van der Waals surface area contributed by atoms with Gasteiger partial charge >= 0.3 is 0 Å². The Balaban J connectivity index is 1.85. The molecule has 0 N–H and O–H groups in total. The molecule has 1 aliphatic heterocycles. The minimum Gasteiger partial charge on any atom is -0.360 e. The Kier molecular flexibility index (Phi) is 6.29. The fourth-order valence-corrected chi connectivity index (χ4v) is 3.39. The number of nitrogens with zero attached hydrogens (tertiary/aromatic N) is 3. The summed E-state index contributed by atoms with van der Waals surface area (Å²) in [6, 6.07) is 13.5. The van der Waals surface area contributed by atoms with Crippen LogP contribution in [0.1, 0.15) is 34.5 Å². The number of halogens is 1. The van der Waals surface area contributed by atoms with Gasteiger partial charge in [-0.2, -0.15) is 0 Å². The lowest BCUT2D eigenvalue weighted by Gasteiger charge is -2.36. The van der Waals surface area contributed by atoms with Crippen LogP contribution in [0.3, 0.4) is 0 Å². The van der Waals surface area contributed by atoms with Gasteiger partial charge in [0.25, 0.3) is 5.91 Å². The quantitative estimate of drug-likeness (QED) is 0.566. The first-order chi connectivity index (χ1) is 12.7. The third kappa shape index (κ3) is 4.44. The number of aromatic nitrogens is 1. The van der Waals surface area contributed by atoms with Crippen molar-refractivity contribution in [3.05, 3.63) is 71.7 Å². The summed E-state index contributed by atoms with van der Waals surface area (Å²) in [5.74, 6) is 0.721. The molecular formula is C21H24ClN3O. The largest absolute Gasteiger partial charge is 0.360 e. The van der Waals surface area contributed by atoms with E-state index < -0.39 is 0 Å². The standard InChI is InChI=1S/C21H24ClN3O/c1-17-20(10-7-12-23-17)19-14-24(13-6-5-11-22)16-25(15-19)21(26)18-8-3-2-4-9-18/h2-4,7-10,12,14H,5-6,11,13,15-16H2,1H3. The van der Waals surface area contributed by atoms with Crippen molar-refractivity contribution in [1.29, 1.82) is 0 Å². The van der Waals surface area contributed by atoms with E-state index in [9.17, 15) is 4.79 Å². The van der Waals surface area contributed by atoms with Gasteiger partial charge < -0.3 is 9.80 Å². The van der Waals surface area contributed by atoms with E-state index in [4.69, 9.17) is 11.6 Å². The number of benzene rings is 1. The van der Waals surface area contributed by atoms with Crippen LogP contribution in [0.2, 0.25) is 0 Å². The van der Waals surface area contributed by atoms with Gasteiger partial charge in [-0.3, -0.25) is 9.78 Å². The molecule has 0 unspecified atom stereocenters. The molecule has 0 bridgehead atoms. The fraction of sp³-hybridized carbons (Fsp3) is 0.333. The summed E-state index contributed by atoms with van der Waals surface area (Å²) in [6.45, 7) is 4.07. The highest BCUT2D eigenvalue weighted by atomic mass is 35.5. The van der Waals surface area contributed by atoms with Crippen LogP contribution in [-0.2, 0) is 0 Å². The van der Waals surface area contributed by atoms with E-state index in [1.54, 1.807) is 6.20 Å². The lowest BCUT2D eigenvalue weighted by molar-refractivity contribution is 0.0683. The van der Waals surface area contributed by atoms with Crippen LogP contribution in [0, 0.1) is 6.92 Å². The number of unbranched alkanes of at least 4 members (excludes halogenated alkanes) is 1. The predicted molar refractivity (Wildman–Crippen MR) is 106 cm³/mol. The van der Waals surface area contributed by atoms with Crippen molar-refractivity contribution in [2.45, 2.75) is 19.8 Å². The van der Waals surface area contributed by atoms with E-state index in [0.717, 1.165) is 41.8 Å². The molecule has 0 radical (unpaired) electrons. The van der Waals surface area contributed by atoms with Crippen LogP contribution in [0.25, 0.3) is 5.57 Å². The molecule has 0 spiro atoms. The zero-order chi connectivity index (χ0) is 18.4. The van der Waals surface area contributed by atoms with Crippen LogP contribution < -0.4 is 0 Å². The molecule has 0 fully saturated rings. The number of carbonyl (C=O) groups excluding carboxylic acids is 1. The Morgan fingerprint density at radius 1 is 1.15 bits per heavy atom. The topological polar surface area (TPSA) is 36.4 Å². The SMILES string of the molecule is Cc1ncccc1C1=CN(CCCCCl)CN(C(=O)c2ccccc2)C1. The van der Waals surface area contributed by atoms with E-state index in [0.29, 0.717) is 19.1 Å². The molecule has 4 nitrogen and oxygen atoms in total. The smallest absolute Gasteiger partial charge is 0.255 e. The molecule has 3 rings (SSSR count). The van der Waals surface area contributed by atoms with E-state index in [2.05, 4.69) is 22.2 Å². The first kappa shape index (κ1) is 18.5. The molecule has 0 aliphatic carbocycles. The highest BCUT2D eigenvalue weighted by Crippen LogP contribution is 2.24. The normalized spacial score (nSPS) is 14.3. The molecule has 2 heterocycles. The van der Waals surface area contributed by atoms with Crippen molar-refractivity contribution >= 4 is 23.1 Å². The van der Waals surface area contributed by atoms with Crippen LogP contribution in [0.15, 0.2) is 54.9 Å².